The van der Waals surface area contributed by atoms with Gasteiger partial charge in [-0.05, 0) is 44.0 Å². The maximum Gasteiger partial charge on any atom is 0.270 e. The average Bonchev–Trinajstić information content (AvgIpc) is 3.46. The molecule has 0 radical (unpaired) electrons. The van der Waals surface area contributed by atoms with Crippen LogP contribution >= 0.6 is 23.1 Å². The number of aromatic nitrogens is 5. The Kier molecular flexibility index (Phi) is 6.96. The number of carbonyl (C=O) groups is 1. The summed E-state index contributed by atoms with van der Waals surface area (Å²) < 4.78 is 2.07. The van der Waals surface area contributed by atoms with Gasteiger partial charge in [-0.15, -0.1) is 21.5 Å². The molecule has 0 aliphatic heterocycles. The number of thioether (sulfide) groups is 1. The van der Waals surface area contributed by atoms with Crippen LogP contribution in [-0.2, 0) is 5.75 Å². The number of rotatable bonds is 8. The van der Waals surface area contributed by atoms with E-state index in [1.165, 1.54) is 11.3 Å². The summed E-state index contributed by atoms with van der Waals surface area (Å²) in [5, 5.41) is 15.4. The zero-order chi connectivity index (χ0) is 22.5. The molecular formula is C23H24N6OS2. The fraction of sp³-hybridized carbons (Fsp3) is 0.261. The third-order valence-corrected chi connectivity index (χ3v) is 7.00. The van der Waals surface area contributed by atoms with Crippen molar-refractivity contribution >= 4 is 29.0 Å². The Balaban J connectivity index is 1.59. The van der Waals surface area contributed by atoms with E-state index in [4.69, 9.17) is 0 Å². The maximum atomic E-state index is 12.3. The lowest BCUT2D eigenvalue weighted by molar-refractivity contribution is 0.0935. The minimum absolute atomic E-state index is 0.126. The standard InChI is InChI=1S/C23H24N6OS2/c1-4-16(3)25-22(30)18-13-31-20(26-18)14-32-23-28-27-21(17-9-11-24-12-10-17)29(23)19-8-6-5-7-15(19)2/h5-13,16H,4,14H2,1-3H3,(H,25,30). The predicted molar refractivity (Wildman–Crippen MR) is 128 cm³/mol. The Morgan fingerprint density at radius 2 is 1.97 bits per heavy atom. The number of hydrogen-bond donors (Lipinski definition) is 1. The lowest BCUT2D eigenvalue weighted by Crippen LogP contribution is -2.32. The van der Waals surface area contributed by atoms with Crippen molar-refractivity contribution in [2.45, 2.75) is 44.1 Å². The number of nitrogens with zero attached hydrogens (tertiary/aromatic N) is 5. The minimum atomic E-state index is -0.130. The van der Waals surface area contributed by atoms with Crippen LogP contribution in [0.2, 0.25) is 0 Å². The van der Waals surface area contributed by atoms with Crippen molar-refractivity contribution in [1.29, 1.82) is 0 Å². The summed E-state index contributed by atoms with van der Waals surface area (Å²) in [6, 6.07) is 12.1. The normalized spacial score (nSPS) is 12.0. The van der Waals surface area contributed by atoms with E-state index in [2.05, 4.69) is 49.1 Å². The lowest BCUT2D eigenvalue weighted by atomic mass is 10.2. The molecule has 9 heteroatoms. The molecule has 0 aliphatic rings. The van der Waals surface area contributed by atoms with E-state index < -0.39 is 0 Å². The van der Waals surface area contributed by atoms with Gasteiger partial charge in [0.25, 0.3) is 5.91 Å². The second-order valence-corrected chi connectivity index (χ2v) is 9.25. The Morgan fingerprint density at radius 1 is 1.19 bits per heavy atom. The van der Waals surface area contributed by atoms with Crippen LogP contribution in [-0.4, -0.2) is 36.7 Å². The zero-order valence-corrected chi connectivity index (χ0v) is 19.8. The third kappa shape index (κ3) is 4.89. The lowest BCUT2D eigenvalue weighted by Gasteiger charge is -2.12. The van der Waals surface area contributed by atoms with Crippen LogP contribution in [0.4, 0.5) is 0 Å². The molecule has 3 aromatic heterocycles. The Labute approximate surface area is 195 Å². The summed E-state index contributed by atoms with van der Waals surface area (Å²) in [5.41, 5.74) is 3.56. The first-order valence-corrected chi connectivity index (χ1v) is 12.2. The molecule has 0 saturated carbocycles. The number of hydrogen-bond acceptors (Lipinski definition) is 7. The van der Waals surface area contributed by atoms with Gasteiger partial charge in [0.15, 0.2) is 11.0 Å². The van der Waals surface area contributed by atoms with Gasteiger partial charge in [0, 0.05) is 29.4 Å². The van der Waals surface area contributed by atoms with E-state index in [-0.39, 0.29) is 11.9 Å². The van der Waals surface area contributed by atoms with Crippen LogP contribution < -0.4 is 5.32 Å². The molecule has 164 valence electrons. The van der Waals surface area contributed by atoms with Gasteiger partial charge in [0.2, 0.25) is 0 Å². The van der Waals surface area contributed by atoms with Crippen molar-refractivity contribution in [3.8, 4) is 17.1 Å². The molecule has 0 spiro atoms. The maximum absolute atomic E-state index is 12.3. The van der Waals surface area contributed by atoms with Gasteiger partial charge in [-0.1, -0.05) is 36.9 Å². The first kappa shape index (κ1) is 22.2. The van der Waals surface area contributed by atoms with Crippen molar-refractivity contribution in [3.63, 3.8) is 0 Å². The summed E-state index contributed by atoms with van der Waals surface area (Å²) in [4.78, 5) is 21.0. The highest BCUT2D eigenvalue weighted by Crippen LogP contribution is 2.31. The second-order valence-electron chi connectivity index (χ2n) is 7.36. The SMILES string of the molecule is CCC(C)NC(=O)c1csc(CSc2nnc(-c3ccncc3)n2-c2ccccc2C)n1. The van der Waals surface area contributed by atoms with Crippen molar-refractivity contribution in [1.82, 2.24) is 30.0 Å². The number of carbonyl (C=O) groups excluding carboxylic acids is 1. The Bertz CT molecular complexity index is 1200. The molecule has 1 atom stereocenters. The number of benzene rings is 1. The monoisotopic (exact) mass is 464 g/mol. The molecule has 4 aromatic rings. The zero-order valence-electron chi connectivity index (χ0n) is 18.1. The number of amides is 1. The van der Waals surface area contributed by atoms with Gasteiger partial charge >= 0.3 is 0 Å². The van der Waals surface area contributed by atoms with Gasteiger partial charge in [0.1, 0.15) is 10.7 Å². The molecule has 1 N–H and O–H groups in total. The number of thiazole rings is 1. The minimum Gasteiger partial charge on any atom is -0.348 e. The highest BCUT2D eigenvalue weighted by molar-refractivity contribution is 7.98. The van der Waals surface area contributed by atoms with Crippen LogP contribution in [0.25, 0.3) is 17.1 Å². The molecule has 1 unspecified atom stereocenters. The average molecular weight is 465 g/mol. The smallest absolute Gasteiger partial charge is 0.270 e. The van der Waals surface area contributed by atoms with Crippen molar-refractivity contribution in [3.05, 3.63) is 70.4 Å². The largest absolute Gasteiger partial charge is 0.348 e. The number of para-hydroxylation sites is 1. The van der Waals surface area contributed by atoms with E-state index in [0.29, 0.717) is 11.4 Å². The van der Waals surface area contributed by atoms with E-state index in [1.54, 1.807) is 24.2 Å². The van der Waals surface area contributed by atoms with E-state index >= 15 is 0 Å². The molecule has 1 amide bonds. The summed E-state index contributed by atoms with van der Waals surface area (Å²) in [6.07, 6.45) is 4.38. The quantitative estimate of drug-likeness (QED) is 0.373. The Morgan fingerprint density at radius 3 is 2.72 bits per heavy atom. The molecule has 0 bridgehead atoms. The molecule has 4 rings (SSSR count). The van der Waals surface area contributed by atoms with Crippen molar-refractivity contribution in [2.75, 3.05) is 0 Å². The van der Waals surface area contributed by atoms with Gasteiger partial charge in [-0.3, -0.25) is 14.3 Å². The fourth-order valence-corrected chi connectivity index (χ4v) is 4.83. The first-order valence-electron chi connectivity index (χ1n) is 10.4. The summed E-state index contributed by atoms with van der Waals surface area (Å²) in [5.74, 6) is 1.23. The Hall–Kier alpha value is -3.04. The second kappa shape index (κ2) is 10.1. The molecule has 0 fully saturated rings. The molecule has 0 aliphatic carbocycles. The predicted octanol–water partition coefficient (Wildman–Crippen LogP) is 4.91. The number of nitrogens with one attached hydrogen (secondary N) is 1. The van der Waals surface area contributed by atoms with E-state index in [1.807, 2.05) is 43.5 Å². The molecule has 3 heterocycles. The highest BCUT2D eigenvalue weighted by Gasteiger charge is 2.19. The third-order valence-electron chi connectivity index (χ3n) is 5.03. The van der Waals surface area contributed by atoms with Crippen LogP contribution in [0.15, 0.2) is 59.3 Å². The first-order chi connectivity index (χ1) is 15.6. The highest BCUT2D eigenvalue weighted by atomic mass is 32.2. The summed E-state index contributed by atoms with van der Waals surface area (Å²) in [6.45, 7) is 6.10. The number of pyridine rings is 1. The van der Waals surface area contributed by atoms with Crippen LogP contribution in [0.1, 0.15) is 41.3 Å². The van der Waals surface area contributed by atoms with Gasteiger partial charge in [-0.2, -0.15) is 0 Å². The number of aryl methyl sites for hydroxylation is 1. The topological polar surface area (TPSA) is 85.6 Å². The van der Waals surface area contributed by atoms with Gasteiger partial charge in [0.05, 0.1) is 11.4 Å². The van der Waals surface area contributed by atoms with E-state index in [0.717, 1.165) is 39.2 Å². The van der Waals surface area contributed by atoms with E-state index in [9.17, 15) is 4.79 Å². The van der Waals surface area contributed by atoms with Crippen LogP contribution in [0, 0.1) is 6.92 Å². The molecule has 0 saturated heterocycles. The summed E-state index contributed by atoms with van der Waals surface area (Å²) in [7, 11) is 0. The van der Waals surface area contributed by atoms with Crippen molar-refractivity contribution < 1.29 is 4.79 Å². The van der Waals surface area contributed by atoms with Gasteiger partial charge in [-0.25, -0.2) is 4.98 Å². The molecule has 1 aromatic carbocycles. The van der Waals surface area contributed by atoms with Crippen LogP contribution in [0.5, 0.6) is 0 Å². The van der Waals surface area contributed by atoms with Gasteiger partial charge < -0.3 is 5.32 Å². The molecule has 32 heavy (non-hydrogen) atoms. The van der Waals surface area contributed by atoms with Crippen molar-refractivity contribution in [2.24, 2.45) is 0 Å². The fourth-order valence-electron chi connectivity index (χ4n) is 3.09. The molecule has 7 nitrogen and oxygen atoms in total. The summed E-state index contributed by atoms with van der Waals surface area (Å²) >= 11 is 3.03. The molecular weight excluding hydrogens is 440 g/mol. The van der Waals surface area contributed by atoms with Crippen LogP contribution in [0.3, 0.4) is 0 Å².